The van der Waals surface area contributed by atoms with Crippen LogP contribution < -0.4 is 10.6 Å². The largest absolute Gasteiger partial charge is 0.506 e. The number of phenols is 1. The molecule has 5 nitrogen and oxygen atoms in total. The topological polar surface area (TPSA) is 70.6 Å². The van der Waals surface area contributed by atoms with Crippen molar-refractivity contribution in [3.63, 3.8) is 0 Å². The van der Waals surface area contributed by atoms with E-state index in [2.05, 4.69) is 10.6 Å². The molecule has 0 aromatic heterocycles. The van der Waals surface area contributed by atoms with Crippen LogP contribution in [-0.4, -0.2) is 37.8 Å². The third-order valence-electron chi connectivity index (χ3n) is 3.86. The van der Waals surface area contributed by atoms with Crippen molar-refractivity contribution in [2.24, 2.45) is 5.41 Å². The van der Waals surface area contributed by atoms with Crippen LogP contribution in [0.15, 0.2) is 18.2 Å². The highest BCUT2D eigenvalue weighted by atomic mass is 35.5. The van der Waals surface area contributed by atoms with Gasteiger partial charge in [-0.15, -0.1) is 12.4 Å². The van der Waals surface area contributed by atoms with Gasteiger partial charge >= 0.3 is 0 Å². The van der Waals surface area contributed by atoms with Gasteiger partial charge in [-0.2, -0.15) is 0 Å². The van der Waals surface area contributed by atoms with Gasteiger partial charge in [0.15, 0.2) is 0 Å². The molecule has 0 bridgehead atoms. The zero-order valence-electron chi connectivity index (χ0n) is 12.4. The van der Waals surface area contributed by atoms with Gasteiger partial charge in [0, 0.05) is 7.11 Å². The van der Waals surface area contributed by atoms with Gasteiger partial charge in [-0.05, 0) is 50.6 Å². The van der Waals surface area contributed by atoms with Gasteiger partial charge in [-0.1, -0.05) is 6.07 Å². The van der Waals surface area contributed by atoms with Crippen LogP contribution >= 0.6 is 12.4 Å². The lowest BCUT2D eigenvalue weighted by atomic mass is 9.78. The molecule has 0 atom stereocenters. The molecule has 0 spiro atoms. The van der Waals surface area contributed by atoms with Crippen molar-refractivity contribution >= 4 is 24.0 Å². The van der Waals surface area contributed by atoms with Gasteiger partial charge in [-0.25, -0.2) is 0 Å². The quantitative estimate of drug-likeness (QED) is 0.744. The Kier molecular flexibility index (Phi) is 6.45. The number of benzene rings is 1. The summed E-state index contributed by atoms with van der Waals surface area (Å²) in [6, 6.07) is 5.17. The van der Waals surface area contributed by atoms with E-state index in [0.717, 1.165) is 31.5 Å². The summed E-state index contributed by atoms with van der Waals surface area (Å²) >= 11 is 0. The molecule has 0 radical (unpaired) electrons. The second-order valence-electron chi connectivity index (χ2n) is 5.44. The van der Waals surface area contributed by atoms with Crippen LogP contribution in [0.1, 0.15) is 18.4 Å². The third-order valence-corrected chi connectivity index (χ3v) is 3.86. The molecule has 1 aliphatic heterocycles. The van der Waals surface area contributed by atoms with E-state index >= 15 is 0 Å². The number of piperidine rings is 1. The maximum atomic E-state index is 12.6. The lowest BCUT2D eigenvalue weighted by molar-refractivity contribution is -0.130. The predicted molar refractivity (Wildman–Crippen MR) is 85.1 cm³/mol. The van der Waals surface area contributed by atoms with Crippen LogP contribution in [0.4, 0.5) is 5.69 Å². The fourth-order valence-electron chi connectivity index (χ4n) is 2.62. The number of anilines is 1. The number of nitrogens with one attached hydrogen (secondary N) is 2. The molecule has 1 fully saturated rings. The van der Waals surface area contributed by atoms with Crippen molar-refractivity contribution in [2.45, 2.75) is 19.8 Å². The van der Waals surface area contributed by atoms with E-state index in [0.29, 0.717) is 12.3 Å². The average molecular weight is 315 g/mol. The fraction of sp³-hybridized carbons (Fsp3) is 0.533. The Morgan fingerprint density at radius 3 is 2.71 bits per heavy atom. The van der Waals surface area contributed by atoms with Crippen LogP contribution in [-0.2, 0) is 9.53 Å². The highest BCUT2D eigenvalue weighted by molar-refractivity contribution is 5.96. The molecule has 6 heteroatoms. The number of carbonyl (C=O) groups excluding carboxylic acids is 1. The van der Waals surface area contributed by atoms with Gasteiger partial charge in [0.1, 0.15) is 5.75 Å². The Morgan fingerprint density at radius 1 is 1.43 bits per heavy atom. The number of aromatic hydroxyl groups is 1. The van der Waals surface area contributed by atoms with Crippen molar-refractivity contribution in [2.75, 3.05) is 32.1 Å². The summed E-state index contributed by atoms with van der Waals surface area (Å²) < 4.78 is 5.25. The zero-order valence-corrected chi connectivity index (χ0v) is 13.3. The van der Waals surface area contributed by atoms with Crippen LogP contribution in [0.2, 0.25) is 0 Å². The number of methoxy groups -OCH3 is 1. The standard InChI is InChI=1S/C15H22N2O3.ClH/c1-11-3-4-13(18)12(9-11)17-14(19)15(10-20-2)5-7-16-8-6-15;/h3-4,9,16,18H,5-8,10H2,1-2H3,(H,17,19);1H. The van der Waals surface area contributed by atoms with Gasteiger partial charge < -0.3 is 20.5 Å². The van der Waals surface area contributed by atoms with E-state index in [1.54, 1.807) is 25.3 Å². The summed E-state index contributed by atoms with van der Waals surface area (Å²) in [7, 11) is 1.61. The smallest absolute Gasteiger partial charge is 0.233 e. The lowest BCUT2D eigenvalue weighted by Crippen LogP contribution is -2.47. The maximum absolute atomic E-state index is 12.6. The molecule has 1 saturated heterocycles. The van der Waals surface area contributed by atoms with Gasteiger partial charge in [0.2, 0.25) is 5.91 Å². The molecule has 1 amide bonds. The Balaban J connectivity index is 0.00000220. The third kappa shape index (κ3) is 4.09. The first kappa shape index (κ1) is 17.8. The summed E-state index contributed by atoms with van der Waals surface area (Å²) in [4.78, 5) is 12.6. The summed E-state index contributed by atoms with van der Waals surface area (Å²) in [6.07, 6.45) is 1.47. The SMILES string of the molecule is COCC1(C(=O)Nc2cc(C)ccc2O)CCNCC1.Cl. The van der Waals surface area contributed by atoms with Crippen LogP contribution in [0, 0.1) is 12.3 Å². The number of phenolic OH excluding ortho intramolecular Hbond substituents is 1. The normalized spacial score (nSPS) is 16.9. The fourth-order valence-corrected chi connectivity index (χ4v) is 2.62. The summed E-state index contributed by atoms with van der Waals surface area (Å²) in [5, 5.41) is 15.9. The lowest BCUT2D eigenvalue weighted by Gasteiger charge is -2.35. The van der Waals surface area contributed by atoms with Crippen molar-refractivity contribution in [3.8, 4) is 5.75 Å². The minimum absolute atomic E-state index is 0. The van der Waals surface area contributed by atoms with E-state index in [1.165, 1.54) is 0 Å². The number of amides is 1. The number of carbonyl (C=O) groups is 1. The molecule has 1 aliphatic rings. The van der Waals surface area contributed by atoms with Crippen molar-refractivity contribution in [1.29, 1.82) is 0 Å². The Hall–Kier alpha value is -1.30. The van der Waals surface area contributed by atoms with Gasteiger partial charge in [0.05, 0.1) is 17.7 Å². The molecular formula is C15H23ClN2O3. The Labute approximate surface area is 131 Å². The minimum atomic E-state index is -0.518. The van der Waals surface area contributed by atoms with E-state index in [-0.39, 0.29) is 24.1 Å². The number of halogens is 1. The number of rotatable bonds is 4. The van der Waals surface area contributed by atoms with Gasteiger partial charge in [-0.3, -0.25) is 4.79 Å². The Bertz CT molecular complexity index is 482. The van der Waals surface area contributed by atoms with E-state index in [1.807, 2.05) is 6.92 Å². The van der Waals surface area contributed by atoms with Crippen LogP contribution in [0.3, 0.4) is 0 Å². The molecule has 21 heavy (non-hydrogen) atoms. The van der Waals surface area contributed by atoms with Gasteiger partial charge in [0.25, 0.3) is 0 Å². The van der Waals surface area contributed by atoms with E-state index in [4.69, 9.17) is 4.74 Å². The molecule has 118 valence electrons. The molecule has 2 rings (SSSR count). The number of hydrogen-bond acceptors (Lipinski definition) is 4. The molecule has 0 aliphatic carbocycles. The average Bonchev–Trinajstić information content (AvgIpc) is 2.44. The summed E-state index contributed by atoms with van der Waals surface area (Å²) in [6.45, 7) is 3.92. The minimum Gasteiger partial charge on any atom is -0.506 e. The predicted octanol–water partition coefficient (Wildman–Crippen LogP) is 2.08. The second-order valence-corrected chi connectivity index (χ2v) is 5.44. The van der Waals surface area contributed by atoms with Crippen LogP contribution in [0.25, 0.3) is 0 Å². The van der Waals surface area contributed by atoms with Crippen molar-refractivity contribution in [1.82, 2.24) is 5.32 Å². The Morgan fingerprint density at radius 2 is 2.10 bits per heavy atom. The second kappa shape index (κ2) is 7.64. The number of hydrogen-bond donors (Lipinski definition) is 3. The molecule has 1 aromatic rings. The summed E-state index contributed by atoms with van der Waals surface area (Å²) in [5.41, 5.74) is 0.934. The molecule has 1 aromatic carbocycles. The monoisotopic (exact) mass is 314 g/mol. The number of ether oxygens (including phenoxy) is 1. The molecule has 3 N–H and O–H groups in total. The maximum Gasteiger partial charge on any atom is 0.233 e. The van der Waals surface area contributed by atoms with Crippen molar-refractivity contribution < 1.29 is 14.6 Å². The highest BCUT2D eigenvalue weighted by Gasteiger charge is 2.39. The molecular weight excluding hydrogens is 292 g/mol. The number of aryl methyl sites for hydroxylation is 1. The van der Waals surface area contributed by atoms with Crippen LogP contribution in [0.5, 0.6) is 5.75 Å². The van der Waals surface area contributed by atoms with Crippen molar-refractivity contribution in [3.05, 3.63) is 23.8 Å². The first-order valence-electron chi connectivity index (χ1n) is 6.88. The molecule has 0 saturated carbocycles. The zero-order chi connectivity index (χ0) is 14.6. The van der Waals surface area contributed by atoms with E-state index < -0.39 is 5.41 Å². The molecule has 0 unspecified atom stereocenters. The summed E-state index contributed by atoms with van der Waals surface area (Å²) in [5.74, 6) is 0.00667. The first-order valence-corrected chi connectivity index (χ1v) is 6.88. The van der Waals surface area contributed by atoms with E-state index in [9.17, 15) is 9.90 Å². The first-order chi connectivity index (χ1) is 9.57. The highest BCUT2D eigenvalue weighted by Crippen LogP contribution is 2.32. The molecule has 1 heterocycles.